The Morgan fingerprint density at radius 2 is 2.12 bits per heavy atom. The van der Waals surface area contributed by atoms with E-state index in [0.29, 0.717) is 27.6 Å². The molecule has 130 valence electrons. The largest absolute Gasteiger partial charge is 0.462 e. The van der Waals surface area contributed by atoms with Crippen molar-refractivity contribution >= 4 is 34.6 Å². The van der Waals surface area contributed by atoms with Gasteiger partial charge >= 0.3 is 5.97 Å². The van der Waals surface area contributed by atoms with Crippen LogP contribution in [-0.4, -0.2) is 22.5 Å². The number of halogens is 1. The van der Waals surface area contributed by atoms with Gasteiger partial charge in [-0.2, -0.15) is 4.98 Å². The van der Waals surface area contributed by atoms with Crippen LogP contribution in [0.1, 0.15) is 28.9 Å². The molecule has 8 heteroatoms. The Bertz CT molecular complexity index is 942. The van der Waals surface area contributed by atoms with Gasteiger partial charge in [0.2, 0.25) is 5.71 Å². The van der Waals surface area contributed by atoms with Crippen LogP contribution in [0.15, 0.2) is 33.6 Å². The van der Waals surface area contributed by atoms with Gasteiger partial charge in [-0.3, -0.25) is 0 Å². The lowest BCUT2D eigenvalue weighted by molar-refractivity contribution is 0.0526. The first-order chi connectivity index (χ1) is 12.0. The molecule has 25 heavy (non-hydrogen) atoms. The summed E-state index contributed by atoms with van der Waals surface area (Å²) in [4.78, 5) is 21.1. The summed E-state index contributed by atoms with van der Waals surface area (Å²) >= 11 is 1.25. The van der Waals surface area contributed by atoms with Crippen LogP contribution in [0.25, 0.3) is 11.1 Å². The minimum atomic E-state index is -0.525. The first-order valence-corrected chi connectivity index (χ1v) is 8.59. The average molecular weight is 361 g/mol. The molecule has 3 aromatic rings. The van der Waals surface area contributed by atoms with Gasteiger partial charge in [0.1, 0.15) is 28.8 Å². The molecule has 0 atom stereocenters. The van der Waals surface area contributed by atoms with Crippen molar-refractivity contribution in [2.45, 2.75) is 24.5 Å². The summed E-state index contributed by atoms with van der Waals surface area (Å²) in [5, 5.41) is 0.343. The maximum absolute atomic E-state index is 13.7. The number of carbonyl (C=O) groups excluding carboxylic acids is 1. The SMILES string of the molecule is CCOC(=O)c1c(C)oc2nc(CSc3ccccc3F)nc(N)c12. The first-order valence-electron chi connectivity index (χ1n) is 7.61. The molecule has 3 rings (SSSR count). The molecular weight excluding hydrogens is 345 g/mol. The number of nitrogens with zero attached hydrogens (tertiary/aromatic N) is 2. The number of hydrogen-bond acceptors (Lipinski definition) is 7. The van der Waals surface area contributed by atoms with Crippen molar-refractivity contribution in [3.63, 3.8) is 0 Å². The van der Waals surface area contributed by atoms with E-state index in [4.69, 9.17) is 14.9 Å². The Hall–Kier alpha value is -2.61. The third-order valence-corrected chi connectivity index (χ3v) is 4.52. The number of ether oxygens (including phenoxy) is 1. The van der Waals surface area contributed by atoms with Gasteiger partial charge in [-0.15, -0.1) is 11.8 Å². The van der Waals surface area contributed by atoms with Gasteiger partial charge < -0.3 is 14.9 Å². The van der Waals surface area contributed by atoms with Crippen molar-refractivity contribution in [1.82, 2.24) is 9.97 Å². The molecule has 0 aliphatic heterocycles. The van der Waals surface area contributed by atoms with Crippen molar-refractivity contribution in [3.8, 4) is 0 Å². The summed E-state index contributed by atoms with van der Waals surface area (Å²) in [5.41, 5.74) is 6.46. The molecule has 2 aromatic heterocycles. The number of aryl methyl sites for hydroxylation is 1. The third kappa shape index (κ3) is 3.43. The number of furan rings is 1. The summed E-state index contributed by atoms with van der Waals surface area (Å²) in [7, 11) is 0. The van der Waals surface area contributed by atoms with E-state index in [-0.39, 0.29) is 29.5 Å². The van der Waals surface area contributed by atoms with Crippen molar-refractivity contribution in [1.29, 1.82) is 0 Å². The summed E-state index contributed by atoms with van der Waals surface area (Å²) in [6, 6.07) is 6.45. The first kappa shape index (κ1) is 17.2. The van der Waals surface area contributed by atoms with Crippen molar-refractivity contribution in [2.24, 2.45) is 0 Å². The minimum absolute atomic E-state index is 0.133. The van der Waals surface area contributed by atoms with Gasteiger partial charge in [-0.1, -0.05) is 12.1 Å². The smallest absolute Gasteiger partial charge is 0.342 e. The summed E-state index contributed by atoms with van der Waals surface area (Å²) in [5.74, 6) is 0.377. The number of rotatable bonds is 5. The highest BCUT2D eigenvalue weighted by atomic mass is 32.2. The number of anilines is 1. The van der Waals surface area contributed by atoms with Crippen LogP contribution < -0.4 is 5.73 Å². The van der Waals surface area contributed by atoms with E-state index < -0.39 is 5.97 Å². The fourth-order valence-electron chi connectivity index (χ4n) is 2.40. The van der Waals surface area contributed by atoms with Gasteiger partial charge in [0.15, 0.2) is 0 Å². The van der Waals surface area contributed by atoms with E-state index in [1.54, 1.807) is 32.0 Å². The van der Waals surface area contributed by atoms with Crippen LogP contribution >= 0.6 is 11.8 Å². The van der Waals surface area contributed by atoms with Crippen LogP contribution in [0.5, 0.6) is 0 Å². The monoisotopic (exact) mass is 361 g/mol. The van der Waals surface area contributed by atoms with E-state index in [0.717, 1.165) is 0 Å². The Morgan fingerprint density at radius 3 is 2.84 bits per heavy atom. The van der Waals surface area contributed by atoms with Crippen LogP contribution in [0, 0.1) is 12.7 Å². The van der Waals surface area contributed by atoms with Crippen LogP contribution in [0.2, 0.25) is 0 Å². The zero-order valence-corrected chi connectivity index (χ0v) is 14.5. The van der Waals surface area contributed by atoms with Gasteiger partial charge in [0.25, 0.3) is 0 Å². The zero-order chi connectivity index (χ0) is 18.0. The fourth-order valence-corrected chi connectivity index (χ4v) is 3.20. The predicted octanol–water partition coefficient (Wildman–Crippen LogP) is 3.72. The van der Waals surface area contributed by atoms with Crippen LogP contribution in [0.3, 0.4) is 0 Å². The molecule has 2 heterocycles. The van der Waals surface area contributed by atoms with E-state index >= 15 is 0 Å². The van der Waals surface area contributed by atoms with Crippen molar-refractivity contribution in [3.05, 3.63) is 47.2 Å². The van der Waals surface area contributed by atoms with E-state index in [2.05, 4.69) is 9.97 Å². The minimum Gasteiger partial charge on any atom is -0.462 e. The molecule has 0 amide bonds. The summed E-state index contributed by atoms with van der Waals surface area (Å²) < 4.78 is 24.3. The van der Waals surface area contributed by atoms with Gasteiger partial charge in [-0.05, 0) is 26.0 Å². The lowest BCUT2D eigenvalue weighted by Gasteiger charge is -2.04. The normalized spacial score (nSPS) is 11.0. The molecule has 6 nitrogen and oxygen atoms in total. The number of fused-ring (bicyclic) bond motifs is 1. The Labute approximate surface area is 147 Å². The molecule has 0 spiro atoms. The Kier molecular flexibility index (Phi) is 4.89. The zero-order valence-electron chi connectivity index (χ0n) is 13.7. The molecule has 0 saturated heterocycles. The van der Waals surface area contributed by atoms with E-state index in [9.17, 15) is 9.18 Å². The van der Waals surface area contributed by atoms with Crippen molar-refractivity contribution in [2.75, 3.05) is 12.3 Å². The summed E-state index contributed by atoms with van der Waals surface area (Å²) in [6.45, 7) is 3.59. The molecule has 0 aliphatic rings. The number of hydrogen-bond donors (Lipinski definition) is 1. The molecule has 0 aliphatic carbocycles. The number of benzene rings is 1. The van der Waals surface area contributed by atoms with Crippen LogP contribution in [-0.2, 0) is 10.5 Å². The lowest BCUT2D eigenvalue weighted by atomic mass is 10.2. The molecule has 0 radical (unpaired) electrons. The molecule has 1 aromatic carbocycles. The number of nitrogens with two attached hydrogens (primary N) is 1. The number of nitrogen functional groups attached to an aromatic ring is 1. The fraction of sp³-hybridized carbons (Fsp3) is 0.235. The van der Waals surface area contributed by atoms with E-state index in [1.165, 1.54) is 17.8 Å². The molecule has 0 bridgehead atoms. The number of thioether (sulfide) groups is 1. The van der Waals surface area contributed by atoms with E-state index in [1.807, 2.05) is 0 Å². The van der Waals surface area contributed by atoms with Gasteiger partial charge in [0.05, 0.1) is 17.7 Å². The van der Waals surface area contributed by atoms with Gasteiger partial charge in [-0.25, -0.2) is 14.2 Å². The Morgan fingerprint density at radius 1 is 1.36 bits per heavy atom. The Balaban J connectivity index is 1.92. The van der Waals surface area contributed by atoms with Gasteiger partial charge in [0, 0.05) is 4.90 Å². The highest BCUT2D eigenvalue weighted by Gasteiger charge is 2.23. The molecule has 2 N–H and O–H groups in total. The molecule has 0 saturated carbocycles. The standard InChI is InChI=1S/C17H16FN3O3S/c1-3-23-17(22)13-9(2)24-16-14(13)15(19)20-12(21-16)8-25-11-7-5-4-6-10(11)18/h4-7H,3,8H2,1-2H3,(H2,19,20,21). The second-order valence-corrected chi connectivity index (χ2v) is 6.20. The molecular formula is C17H16FN3O3S. The second kappa shape index (κ2) is 7.10. The quantitative estimate of drug-likeness (QED) is 0.547. The average Bonchev–Trinajstić information content (AvgIpc) is 2.91. The molecule has 0 fully saturated rings. The second-order valence-electron chi connectivity index (χ2n) is 5.18. The number of aromatic nitrogens is 2. The summed E-state index contributed by atoms with van der Waals surface area (Å²) in [6.07, 6.45) is 0. The highest BCUT2D eigenvalue weighted by Crippen LogP contribution is 2.30. The van der Waals surface area contributed by atoms with Crippen molar-refractivity contribution < 1.29 is 18.3 Å². The third-order valence-electron chi connectivity index (χ3n) is 3.47. The highest BCUT2D eigenvalue weighted by molar-refractivity contribution is 7.98. The molecule has 0 unspecified atom stereocenters. The predicted molar refractivity (Wildman–Crippen MR) is 92.9 cm³/mol. The topological polar surface area (TPSA) is 91.2 Å². The van der Waals surface area contributed by atoms with Crippen LogP contribution in [0.4, 0.5) is 10.2 Å². The maximum Gasteiger partial charge on any atom is 0.342 e. The maximum atomic E-state index is 13.7. The number of esters is 1. The lowest BCUT2D eigenvalue weighted by Crippen LogP contribution is -2.07. The number of carbonyl (C=O) groups is 1.